The number of rotatable bonds is 7. The second-order valence-electron chi connectivity index (χ2n) is 7.85. The van der Waals surface area contributed by atoms with E-state index in [9.17, 15) is 4.79 Å². The smallest absolute Gasteiger partial charge is 0.231 e. The first kappa shape index (κ1) is 21.1. The SMILES string of the molecule is O=C(CSc1nnc(Nc2ccccc2)s1)NC1(c2ccc3c(c2)OCCO3)CCCC1. The van der Waals surface area contributed by atoms with Gasteiger partial charge in [-0.05, 0) is 42.7 Å². The number of aromatic nitrogens is 2. The van der Waals surface area contributed by atoms with Crippen molar-refractivity contribution in [3.05, 3.63) is 54.1 Å². The average molecular weight is 469 g/mol. The number of thioether (sulfide) groups is 1. The number of para-hydroxylation sites is 1. The highest BCUT2D eigenvalue weighted by molar-refractivity contribution is 8.01. The van der Waals surface area contributed by atoms with Gasteiger partial charge in [0.05, 0.1) is 11.3 Å². The molecule has 7 nitrogen and oxygen atoms in total. The molecule has 0 bridgehead atoms. The summed E-state index contributed by atoms with van der Waals surface area (Å²) in [5.74, 6) is 1.83. The first-order valence-corrected chi connectivity index (χ1v) is 12.5. The van der Waals surface area contributed by atoms with Crippen molar-refractivity contribution in [2.45, 2.75) is 35.6 Å². The van der Waals surface area contributed by atoms with Crippen molar-refractivity contribution in [1.29, 1.82) is 0 Å². The predicted molar refractivity (Wildman–Crippen MR) is 126 cm³/mol. The molecule has 1 amide bonds. The van der Waals surface area contributed by atoms with E-state index in [2.05, 4.69) is 26.9 Å². The van der Waals surface area contributed by atoms with Crippen LogP contribution in [0, 0.1) is 0 Å². The Morgan fingerprint density at radius 2 is 1.81 bits per heavy atom. The minimum atomic E-state index is -0.353. The molecule has 9 heteroatoms. The number of ether oxygens (including phenoxy) is 2. The van der Waals surface area contributed by atoms with E-state index in [0.29, 0.717) is 24.1 Å². The molecule has 1 saturated carbocycles. The van der Waals surface area contributed by atoms with Crippen LogP contribution in [0.5, 0.6) is 11.5 Å². The van der Waals surface area contributed by atoms with Crippen molar-refractivity contribution in [2.24, 2.45) is 0 Å². The van der Waals surface area contributed by atoms with Gasteiger partial charge >= 0.3 is 0 Å². The molecule has 0 unspecified atom stereocenters. The maximum Gasteiger partial charge on any atom is 0.231 e. The number of benzene rings is 2. The molecule has 0 spiro atoms. The molecule has 2 N–H and O–H groups in total. The molecule has 1 aromatic heterocycles. The second kappa shape index (κ2) is 9.38. The van der Waals surface area contributed by atoms with Gasteiger partial charge in [0.2, 0.25) is 11.0 Å². The van der Waals surface area contributed by atoms with Gasteiger partial charge < -0.3 is 20.1 Å². The van der Waals surface area contributed by atoms with Crippen molar-refractivity contribution < 1.29 is 14.3 Å². The van der Waals surface area contributed by atoms with Crippen molar-refractivity contribution in [1.82, 2.24) is 15.5 Å². The summed E-state index contributed by atoms with van der Waals surface area (Å²) in [7, 11) is 0. The Balaban J connectivity index is 1.22. The van der Waals surface area contributed by atoms with E-state index < -0.39 is 0 Å². The van der Waals surface area contributed by atoms with Gasteiger partial charge in [-0.25, -0.2) is 0 Å². The summed E-state index contributed by atoms with van der Waals surface area (Å²) in [6.07, 6.45) is 4.03. The van der Waals surface area contributed by atoms with E-state index in [-0.39, 0.29) is 11.4 Å². The van der Waals surface area contributed by atoms with E-state index in [4.69, 9.17) is 9.47 Å². The van der Waals surface area contributed by atoms with Crippen LogP contribution < -0.4 is 20.1 Å². The summed E-state index contributed by atoms with van der Waals surface area (Å²) in [6.45, 7) is 1.12. The Morgan fingerprint density at radius 1 is 1.03 bits per heavy atom. The van der Waals surface area contributed by atoms with Crippen LogP contribution in [-0.2, 0) is 10.3 Å². The van der Waals surface area contributed by atoms with Gasteiger partial charge in [0.15, 0.2) is 15.8 Å². The highest BCUT2D eigenvalue weighted by atomic mass is 32.2. The summed E-state index contributed by atoms with van der Waals surface area (Å²) >= 11 is 2.85. The third-order valence-corrected chi connectivity index (χ3v) is 7.66. The third kappa shape index (κ3) is 4.68. The molecule has 1 aliphatic heterocycles. The molecule has 3 aromatic rings. The van der Waals surface area contributed by atoms with Gasteiger partial charge in [-0.15, -0.1) is 10.2 Å². The molecule has 0 radical (unpaired) electrons. The summed E-state index contributed by atoms with van der Waals surface area (Å²) in [5, 5.41) is 15.6. The molecule has 5 rings (SSSR count). The first-order chi connectivity index (χ1) is 15.7. The molecular formula is C23H24N4O3S2. The number of amides is 1. The average Bonchev–Trinajstić information content (AvgIpc) is 3.48. The number of nitrogens with one attached hydrogen (secondary N) is 2. The summed E-state index contributed by atoms with van der Waals surface area (Å²) in [6, 6.07) is 15.9. The number of fused-ring (bicyclic) bond motifs is 1. The number of anilines is 2. The van der Waals surface area contributed by atoms with Crippen LogP contribution >= 0.6 is 23.1 Å². The minimum Gasteiger partial charge on any atom is -0.486 e. The number of hydrogen-bond donors (Lipinski definition) is 2. The van der Waals surface area contributed by atoms with E-state index in [1.54, 1.807) is 0 Å². The Bertz CT molecular complexity index is 1080. The Hall–Kier alpha value is -2.78. The summed E-state index contributed by atoms with van der Waals surface area (Å²) in [4.78, 5) is 12.9. The normalized spacial score (nSPS) is 16.5. The lowest BCUT2D eigenvalue weighted by atomic mass is 9.87. The predicted octanol–water partition coefficient (Wildman–Crippen LogP) is 4.73. The summed E-state index contributed by atoms with van der Waals surface area (Å²) in [5.41, 5.74) is 1.69. The fourth-order valence-electron chi connectivity index (χ4n) is 4.20. The zero-order valence-electron chi connectivity index (χ0n) is 17.5. The molecule has 32 heavy (non-hydrogen) atoms. The van der Waals surface area contributed by atoms with Crippen LogP contribution in [0.3, 0.4) is 0 Å². The van der Waals surface area contributed by atoms with Gasteiger partial charge in [-0.3, -0.25) is 4.79 Å². The lowest BCUT2D eigenvalue weighted by Gasteiger charge is -2.32. The van der Waals surface area contributed by atoms with Crippen LogP contribution in [-0.4, -0.2) is 35.1 Å². The zero-order chi connectivity index (χ0) is 21.8. The molecule has 166 valence electrons. The van der Waals surface area contributed by atoms with E-state index in [0.717, 1.165) is 52.8 Å². The van der Waals surface area contributed by atoms with Gasteiger partial charge in [0.1, 0.15) is 13.2 Å². The van der Waals surface area contributed by atoms with E-state index in [1.165, 1.54) is 23.1 Å². The van der Waals surface area contributed by atoms with Gasteiger partial charge in [-0.2, -0.15) is 0 Å². The lowest BCUT2D eigenvalue weighted by molar-refractivity contribution is -0.120. The molecular weight excluding hydrogens is 444 g/mol. The molecule has 2 aromatic carbocycles. The Kier molecular flexibility index (Phi) is 6.18. The maximum absolute atomic E-state index is 12.9. The van der Waals surface area contributed by atoms with Crippen molar-refractivity contribution in [3.63, 3.8) is 0 Å². The third-order valence-electron chi connectivity index (χ3n) is 5.69. The molecule has 0 atom stereocenters. The largest absolute Gasteiger partial charge is 0.486 e. The highest BCUT2D eigenvalue weighted by Crippen LogP contribution is 2.42. The monoisotopic (exact) mass is 468 g/mol. The van der Waals surface area contributed by atoms with Crippen LogP contribution in [0.1, 0.15) is 31.2 Å². The zero-order valence-corrected chi connectivity index (χ0v) is 19.1. The number of carbonyl (C=O) groups is 1. The molecule has 2 aliphatic rings. The Labute approximate surface area is 194 Å². The van der Waals surface area contributed by atoms with Gasteiger partial charge in [0, 0.05) is 5.69 Å². The van der Waals surface area contributed by atoms with Crippen molar-refractivity contribution in [3.8, 4) is 11.5 Å². The van der Waals surface area contributed by atoms with Crippen LogP contribution in [0.2, 0.25) is 0 Å². The van der Waals surface area contributed by atoms with Crippen molar-refractivity contribution >= 4 is 39.8 Å². The Morgan fingerprint density at radius 3 is 2.62 bits per heavy atom. The second-order valence-corrected chi connectivity index (χ2v) is 10.0. The fraction of sp³-hybridized carbons (Fsp3) is 0.348. The minimum absolute atomic E-state index is 0.000410. The van der Waals surface area contributed by atoms with Crippen molar-refractivity contribution in [2.75, 3.05) is 24.3 Å². The lowest BCUT2D eigenvalue weighted by Crippen LogP contribution is -2.44. The molecule has 0 saturated heterocycles. The van der Waals surface area contributed by atoms with E-state index in [1.807, 2.05) is 42.5 Å². The molecule has 1 fully saturated rings. The van der Waals surface area contributed by atoms with Crippen LogP contribution in [0.4, 0.5) is 10.8 Å². The number of carbonyl (C=O) groups excluding carboxylic acids is 1. The first-order valence-electron chi connectivity index (χ1n) is 10.7. The standard InChI is InChI=1S/C23H24N4O3S2/c28-20(15-31-22-27-26-21(32-22)24-17-6-2-1-3-7-17)25-23(10-4-5-11-23)16-8-9-18-19(14-16)30-13-12-29-18/h1-3,6-9,14H,4-5,10-13,15H2,(H,24,26)(H,25,28). The van der Waals surface area contributed by atoms with Gasteiger partial charge in [0.25, 0.3) is 0 Å². The number of nitrogens with zero attached hydrogens (tertiary/aromatic N) is 2. The highest BCUT2D eigenvalue weighted by Gasteiger charge is 2.37. The number of hydrogen-bond acceptors (Lipinski definition) is 8. The van der Waals surface area contributed by atoms with Crippen LogP contribution in [0.15, 0.2) is 52.9 Å². The van der Waals surface area contributed by atoms with E-state index >= 15 is 0 Å². The quantitative estimate of drug-likeness (QED) is 0.485. The summed E-state index contributed by atoms with van der Waals surface area (Å²) < 4.78 is 12.2. The molecule has 1 aliphatic carbocycles. The topological polar surface area (TPSA) is 85.4 Å². The molecule has 2 heterocycles. The van der Waals surface area contributed by atoms with Crippen LogP contribution in [0.25, 0.3) is 0 Å². The fourth-order valence-corrected chi connectivity index (χ4v) is 5.77. The van der Waals surface area contributed by atoms with Gasteiger partial charge in [-0.1, -0.05) is 60.2 Å². The maximum atomic E-state index is 12.9.